The van der Waals surface area contributed by atoms with Gasteiger partial charge in [0.2, 0.25) is 0 Å². The fraction of sp³-hybridized carbons (Fsp3) is 0.957. The highest BCUT2D eigenvalue weighted by Gasteiger charge is 2.30. The largest absolute Gasteiger partial charge is 0.481 e. The molecule has 0 unspecified atom stereocenters. The molecule has 0 aromatic heterocycles. The van der Waals surface area contributed by atoms with Crippen LogP contribution in [-0.2, 0) is 4.79 Å². The van der Waals surface area contributed by atoms with Gasteiger partial charge in [-0.25, -0.2) is 0 Å². The van der Waals surface area contributed by atoms with E-state index >= 15 is 0 Å². The van der Waals surface area contributed by atoms with E-state index in [1.807, 2.05) is 0 Å². The SMILES string of the molecule is CCCCC[C@H]1CC[C@H](C2CCC(CCCCCC(=O)O)CC2)CC1. The normalized spacial score (nSPS) is 30.3. The summed E-state index contributed by atoms with van der Waals surface area (Å²) in [5.74, 6) is 3.41. The number of aliphatic carboxylic acids is 1. The molecule has 25 heavy (non-hydrogen) atoms. The van der Waals surface area contributed by atoms with Gasteiger partial charge in [0.05, 0.1) is 0 Å². The van der Waals surface area contributed by atoms with Gasteiger partial charge >= 0.3 is 5.97 Å². The zero-order chi connectivity index (χ0) is 17.9. The number of hydrogen-bond donors (Lipinski definition) is 1. The van der Waals surface area contributed by atoms with E-state index in [4.69, 9.17) is 5.11 Å². The van der Waals surface area contributed by atoms with Crippen molar-refractivity contribution in [1.29, 1.82) is 0 Å². The van der Waals surface area contributed by atoms with Crippen LogP contribution in [0.4, 0.5) is 0 Å². The molecule has 146 valence electrons. The van der Waals surface area contributed by atoms with Gasteiger partial charge in [0.1, 0.15) is 0 Å². The van der Waals surface area contributed by atoms with Gasteiger partial charge in [0, 0.05) is 6.42 Å². The molecule has 0 amide bonds. The fourth-order valence-corrected chi connectivity index (χ4v) is 5.47. The second-order valence-electron chi connectivity index (χ2n) is 9.05. The number of carboxylic acids is 1. The van der Waals surface area contributed by atoms with Crippen LogP contribution in [0.5, 0.6) is 0 Å². The third kappa shape index (κ3) is 8.13. The molecule has 0 spiro atoms. The molecule has 0 aliphatic heterocycles. The highest BCUT2D eigenvalue weighted by Crippen LogP contribution is 2.43. The van der Waals surface area contributed by atoms with Crippen molar-refractivity contribution < 1.29 is 9.90 Å². The highest BCUT2D eigenvalue weighted by atomic mass is 16.4. The van der Waals surface area contributed by atoms with Crippen LogP contribution in [0.3, 0.4) is 0 Å². The highest BCUT2D eigenvalue weighted by molar-refractivity contribution is 5.66. The van der Waals surface area contributed by atoms with Crippen LogP contribution in [0.15, 0.2) is 0 Å². The van der Waals surface area contributed by atoms with E-state index in [-0.39, 0.29) is 0 Å². The van der Waals surface area contributed by atoms with E-state index in [9.17, 15) is 4.79 Å². The Balaban J connectivity index is 1.53. The lowest BCUT2D eigenvalue weighted by Crippen LogP contribution is -2.25. The van der Waals surface area contributed by atoms with Crippen LogP contribution in [0.2, 0.25) is 0 Å². The summed E-state index contributed by atoms with van der Waals surface area (Å²) in [6, 6.07) is 0. The lowest BCUT2D eigenvalue weighted by molar-refractivity contribution is -0.137. The van der Waals surface area contributed by atoms with Gasteiger partial charge in [-0.2, -0.15) is 0 Å². The smallest absolute Gasteiger partial charge is 0.303 e. The Labute approximate surface area is 156 Å². The molecular formula is C23H42O2. The molecule has 2 aliphatic rings. The molecule has 0 atom stereocenters. The maximum Gasteiger partial charge on any atom is 0.303 e. The first-order valence-electron chi connectivity index (χ1n) is 11.4. The van der Waals surface area contributed by atoms with E-state index in [1.165, 1.54) is 89.9 Å². The van der Waals surface area contributed by atoms with Crippen LogP contribution in [0, 0.1) is 23.7 Å². The van der Waals surface area contributed by atoms with Gasteiger partial charge in [-0.05, 0) is 55.8 Å². The summed E-state index contributed by atoms with van der Waals surface area (Å²) in [4.78, 5) is 10.5. The van der Waals surface area contributed by atoms with Crippen molar-refractivity contribution in [1.82, 2.24) is 0 Å². The zero-order valence-electron chi connectivity index (χ0n) is 16.7. The van der Waals surface area contributed by atoms with Gasteiger partial charge in [0.15, 0.2) is 0 Å². The number of carbonyl (C=O) groups is 1. The summed E-state index contributed by atoms with van der Waals surface area (Å²) in [6.07, 6.45) is 22.6. The molecule has 0 aromatic rings. The lowest BCUT2D eigenvalue weighted by atomic mass is 9.68. The van der Waals surface area contributed by atoms with Crippen molar-refractivity contribution in [3.8, 4) is 0 Å². The molecule has 0 saturated heterocycles. The predicted octanol–water partition coefficient (Wildman–Crippen LogP) is 7.21. The molecule has 0 aromatic carbocycles. The number of rotatable bonds is 11. The summed E-state index contributed by atoms with van der Waals surface area (Å²) in [7, 11) is 0. The van der Waals surface area contributed by atoms with Crippen molar-refractivity contribution >= 4 is 5.97 Å². The van der Waals surface area contributed by atoms with E-state index < -0.39 is 5.97 Å². The average Bonchev–Trinajstić information content (AvgIpc) is 2.63. The second-order valence-corrected chi connectivity index (χ2v) is 9.05. The van der Waals surface area contributed by atoms with Crippen molar-refractivity contribution in [3.63, 3.8) is 0 Å². The Morgan fingerprint density at radius 3 is 1.64 bits per heavy atom. The summed E-state index contributed by atoms with van der Waals surface area (Å²) in [5, 5.41) is 8.68. The summed E-state index contributed by atoms with van der Waals surface area (Å²) in [6.45, 7) is 2.31. The second kappa shape index (κ2) is 12.0. The summed E-state index contributed by atoms with van der Waals surface area (Å²) >= 11 is 0. The first-order valence-corrected chi connectivity index (χ1v) is 11.4. The molecule has 2 nitrogen and oxygen atoms in total. The third-order valence-electron chi connectivity index (χ3n) is 7.17. The Bertz CT molecular complexity index is 349. The van der Waals surface area contributed by atoms with Gasteiger partial charge < -0.3 is 5.11 Å². The molecule has 2 heteroatoms. The first kappa shape index (κ1) is 20.8. The number of carboxylic acid groups (broad SMARTS) is 1. The minimum atomic E-state index is -0.638. The van der Waals surface area contributed by atoms with Gasteiger partial charge in [0.25, 0.3) is 0 Å². The Hall–Kier alpha value is -0.530. The van der Waals surface area contributed by atoms with Crippen LogP contribution in [0.25, 0.3) is 0 Å². The zero-order valence-corrected chi connectivity index (χ0v) is 16.7. The molecule has 2 rings (SSSR count). The van der Waals surface area contributed by atoms with Crippen molar-refractivity contribution in [2.75, 3.05) is 0 Å². The van der Waals surface area contributed by atoms with E-state index in [0.29, 0.717) is 6.42 Å². The maximum atomic E-state index is 10.5. The van der Waals surface area contributed by atoms with E-state index in [0.717, 1.165) is 36.5 Å². The van der Waals surface area contributed by atoms with E-state index in [2.05, 4.69) is 6.92 Å². The van der Waals surface area contributed by atoms with Crippen LogP contribution < -0.4 is 0 Å². The van der Waals surface area contributed by atoms with Gasteiger partial charge in [-0.15, -0.1) is 0 Å². The van der Waals surface area contributed by atoms with Crippen molar-refractivity contribution in [3.05, 3.63) is 0 Å². The molecule has 0 heterocycles. The third-order valence-corrected chi connectivity index (χ3v) is 7.17. The molecule has 2 fully saturated rings. The summed E-state index contributed by atoms with van der Waals surface area (Å²) in [5.41, 5.74) is 0. The monoisotopic (exact) mass is 350 g/mol. The number of hydrogen-bond acceptors (Lipinski definition) is 1. The molecule has 2 saturated carbocycles. The van der Waals surface area contributed by atoms with Crippen molar-refractivity contribution in [2.45, 2.75) is 116 Å². The molecular weight excluding hydrogens is 308 g/mol. The Kier molecular flexibility index (Phi) is 9.94. The minimum Gasteiger partial charge on any atom is -0.481 e. The fourth-order valence-electron chi connectivity index (χ4n) is 5.47. The standard InChI is InChI=1S/C23H42O2/c1-2-3-5-8-19-11-15-21(16-12-19)22-17-13-20(14-18-22)9-6-4-7-10-23(24)25/h19-22H,2-18H2,1H3,(H,24,25)/t19-,20?,21-,22?. The number of unbranched alkanes of at least 4 members (excludes halogenated alkanes) is 4. The van der Waals surface area contributed by atoms with Crippen LogP contribution in [0.1, 0.15) is 116 Å². The first-order chi connectivity index (χ1) is 12.2. The van der Waals surface area contributed by atoms with Crippen LogP contribution in [-0.4, -0.2) is 11.1 Å². The Morgan fingerprint density at radius 2 is 1.20 bits per heavy atom. The van der Waals surface area contributed by atoms with Gasteiger partial charge in [-0.3, -0.25) is 4.79 Å². The van der Waals surface area contributed by atoms with Gasteiger partial charge in [-0.1, -0.05) is 77.6 Å². The average molecular weight is 351 g/mol. The summed E-state index contributed by atoms with van der Waals surface area (Å²) < 4.78 is 0. The van der Waals surface area contributed by atoms with Crippen molar-refractivity contribution in [2.24, 2.45) is 23.7 Å². The Morgan fingerprint density at radius 1 is 0.720 bits per heavy atom. The van der Waals surface area contributed by atoms with Crippen LogP contribution >= 0.6 is 0 Å². The predicted molar refractivity (Wildman–Crippen MR) is 106 cm³/mol. The lowest BCUT2D eigenvalue weighted by Gasteiger charge is -2.38. The molecule has 2 aliphatic carbocycles. The quantitative estimate of drug-likeness (QED) is 0.399. The molecule has 0 bridgehead atoms. The minimum absolute atomic E-state index is 0.355. The van der Waals surface area contributed by atoms with E-state index in [1.54, 1.807) is 0 Å². The molecule has 0 radical (unpaired) electrons. The maximum absolute atomic E-state index is 10.5. The topological polar surface area (TPSA) is 37.3 Å². The molecule has 1 N–H and O–H groups in total.